The third-order valence-electron chi connectivity index (χ3n) is 17.9. The summed E-state index contributed by atoms with van der Waals surface area (Å²) in [7, 11) is 4.15. The van der Waals surface area contributed by atoms with Gasteiger partial charge in [0.2, 0.25) is 0 Å². The number of carboxylic acids is 1. The number of rotatable bonds is 40. The summed E-state index contributed by atoms with van der Waals surface area (Å²) in [5.74, 6) is -0.967. The molecule has 0 bridgehead atoms. The van der Waals surface area contributed by atoms with Crippen molar-refractivity contribution < 1.29 is 65.3 Å². The molecule has 1 aromatic carbocycles. The van der Waals surface area contributed by atoms with Crippen LogP contribution in [0.3, 0.4) is 0 Å². The molecule has 10 aromatic rings. The normalized spacial score (nSPS) is 11.0. The van der Waals surface area contributed by atoms with Crippen molar-refractivity contribution in [2.45, 2.75) is 183 Å². The number of aromatic nitrogens is 5. The number of hydrogen-bond donors (Lipinski definition) is 0. The molecule has 0 fully saturated rings. The van der Waals surface area contributed by atoms with E-state index in [9.17, 15) is 19.5 Å². The fourth-order valence-corrected chi connectivity index (χ4v) is 16.4. The van der Waals surface area contributed by atoms with E-state index in [-0.39, 0.29) is 73.3 Å². The van der Waals surface area contributed by atoms with Crippen LogP contribution in [0.15, 0.2) is 146 Å². The van der Waals surface area contributed by atoms with Gasteiger partial charge in [-0.3, -0.25) is 29.5 Å². The molecular weight excluding hydrogens is 1470 g/mol. The number of halogens is 1. The number of anilines is 1. The number of carboxylic acid groups (broad SMARTS) is 1. The molecule has 9 heterocycles. The van der Waals surface area contributed by atoms with E-state index in [0.717, 1.165) is 33.9 Å². The first-order valence-corrected chi connectivity index (χ1v) is 39.9. The first kappa shape index (κ1) is 84.8. The summed E-state index contributed by atoms with van der Waals surface area (Å²) < 4.78 is 11.1. The van der Waals surface area contributed by atoms with Crippen LogP contribution in [0.1, 0.15) is 190 Å². The maximum Gasteiger partial charge on any atom is 1.00 e. The Morgan fingerprint density at radius 3 is 1.38 bits per heavy atom. The number of carbonyl (C=O) groups is 3. The Balaban J connectivity index is 0.000000299. The number of hydrogen-bond acceptors (Lipinski definition) is 16. The van der Waals surface area contributed by atoms with Crippen molar-refractivity contribution in [1.82, 2.24) is 24.9 Å². The van der Waals surface area contributed by atoms with E-state index in [1.54, 1.807) is 0 Å². The Bertz CT molecular complexity index is 4110. The number of aryl methyl sites for hydroxylation is 2. The molecular formula is C84H102ClN7O6RuS4-. The molecule has 1 radical (unpaired) electrons. The predicted molar refractivity (Wildman–Crippen MR) is 421 cm³/mol. The molecule has 0 N–H and O–H groups in total. The number of aromatic carboxylic acids is 1. The summed E-state index contributed by atoms with van der Waals surface area (Å²) in [6.45, 7) is 20.1. The fourth-order valence-electron chi connectivity index (χ4n) is 12.2. The molecule has 549 valence electrons. The molecule has 0 spiro atoms. The Labute approximate surface area is 647 Å². The molecule has 0 aliphatic heterocycles. The Kier molecular flexibility index (Phi) is 37.8. The van der Waals surface area contributed by atoms with E-state index in [0.29, 0.717) is 11.4 Å². The van der Waals surface area contributed by atoms with Crippen LogP contribution < -0.4 is 31.9 Å². The average Bonchev–Trinajstić information content (AvgIpc) is 1.79. The van der Waals surface area contributed by atoms with Crippen LogP contribution in [0.2, 0.25) is 0 Å². The first-order valence-electron chi connectivity index (χ1n) is 36.6. The zero-order chi connectivity index (χ0) is 71.6. The topological polar surface area (TPSA) is 160 Å². The molecule has 0 saturated carbocycles. The molecule has 19 heteroatoms. The summed E-state index contributed by atoms with van der Waals surface area (Å²) in [4.78, 5) is 68.0. The molecule has 103 heavy (non-hydrogen) atoms. The molecule has 10 rings (SSSR count). The van der Waals surface area contributed by atoms with Gasteiger partial charge in [0.05, 0.1) is 66.3 Å². The number of benzene rings is 1. The minimum Gasteiger partial charge on any atom is -1.00 e. The van der Waals surface area contributed by atoms with Gasteiger partial charge in [0.1, 0.15) is 11.5 Å². The van der Waals surface area contributed by atoms with Gasteiger partial charge in [-0.05, 0) is 159 Å². The van der Waals surface area contributed by atoms with Crippen molar-refractivity contribution in [1.29, 1.82) is 0 Å². The smallest absolute Gasteiger partial charge is 1.00 e. The largest absolute Gasteiger partial charge is 1.00 e. The Morgan fingerprint density at radius 1 is 0.447 bits per heavy atom. The van der Waals surface area contributed by atoms with Gasteiger partial charge in [-0.15, -0.1) is 75.2 Å². The zero-order valence-corrected chi connectivity index (χ0v) is 67.1. The number of quaternary nitrogens is 1. The van der Waals surface area contributed by atoms with Crippen molar-refractivity contribution in [3.05, 3.63) is 167 Å². The second kappa shape index (κ2) is 45.9. The van der Waals surface area contributed by atoms with Crippen LogP contribution in [-0.2, 0) is 41.9 Å². The second-order valence-corrected chi connectivity index (χ2v) is 30.6. The molecule has 0 aliphatic rings. The van der Waals surface area contributed by atoms with Crippen LogP contribution in [0.5, 0.6) is 11.5 Å². The van der Waals surface area contributed by atoms with Gasteiger partial charge in [-0.2, -0.15) is 0 Å². The summed E-state index contributed by atoms with van der Waals surface area (Å²) in [6.07, 6.45) is 34.1. The molecule has 0 aliphatic carbocycles. The second-order valence-electron chi connectivity index (χ2n) is 26.1. The molecule has 0 saturated heterocycles. The molecule has 0 amide bonds. The minimum atomic E-state index is -1.36. The maximum absolute atomic E-state index is 11.1. The Morgan fingerprint density at radius 2 is 0.854 bits per heavy atom. The number of unbranched alkanes of at least 4 members (excludes halogenated alkanes) is 14. The molecule has 0 unspecified atom stereocenters. The van der Waals surface area contributed by atoms with E-state index >= 15 is 0 Å². The van der Waals surface area contributed by atoms with Crippen LogP contribution in [0, 0.1) is 6.07 Å². The number of pyridine rings is 5. The first-order chi connectivity index (χ1) is 49.3. The van der Waals surface area contributed by atoms with Crippen LogP contribution in [-0.4, -0.2) is 88.6 Å². The van der Waals surface area contributed by atoms with Crippen LogP contribution in [0.25, 0.3) is 85.8 Å². The van der Waals surface area contributed by atoms with Crippen molar-refractivity contribution in [2.24, 2.45) is 0 Å². The van der Waals surface area contributed by atoms with E-state index in [4.69, 9.17) is 19.4 Å². The van der Waals surface area contributed by atoms with E-state index < -0.39 is 5.97 Å². The van der Waals surface area contributed by atoms with E-state index in [1.807, 2.05) is 57.6 Å². The fraction of sp³-hybridized carbons (Fsp3) is 0.405. The van der Waals surface area contributed by atoms with Crippen molar-refractivity contribution in [3.8, 4) is 97.3 Å². The summed E-state index contributed by atoms with van der Waals surface area (Å²) in [6, 6.07) is 45.3. The van der Waals surface area contributed by atoms with E-state index in [1.165, 1.54) is 265 Å². The van der Waals surface area contributed by atoms with Gasteiger partial charge in [0.25, 0.3) is 12.9 Å². The standard InChI is InChI=1S/C50H56N3S4.C18H11N3O6.C16H36N.ClH.Ru/c1-5-7-9-11-13-15-20-40-22-24-47(54-40)49-28-26-45(56-49)37-30-31-51-43(33-37)44-35-38(34-42(52-44)36-18-17-19-39(32-36)53(3)4)46-27-29-50(57-46)48-25-23-41(55-48)21-16-14-12-10-8-6-2;22-9-26-12-2-4-20-15(6-12)17-8-13(27-10-23)7-16(21-17)14-5-11(18(24)25)1-3-19-14;1-5-9-13-17(14-10-6-2,15-11-7-3)16-12-8-4;;/h17,19,22-35H,5-16,20-21H2,1-4H3;1-10H,(H,24,25);5-16H2,1-4H3;1H;/q-1;;+1;;+1/p-2. The van der Waals surface area contributed by atoms with Gasteiger partial charge in [0, 0.05) is 95.5 Å². The summed E-state index contributed by atoms with van der Waals surface area (Å²) in [5, 5.41) is 11.1. The van der Waals surface area contributed by atoms with Gasteiger partial charge in [0.15, 0.2) is 0 Å². The van der Waals surface area contributed by atoms with Crippen molar-refractivity contribution in [3.63, 3.8) is 0 Å². The monoisotopic (exact) mass is 1570 g/mol. The molecule has 13 nitrogen and oxygen atoms in total. The van der Waals surface area contributed by atoms with E-state index in [2.05, 4.69) is 166 Å². The average molecular weight is 1570 g/mol. The van der Waals surface area contributed by atoms with Crippen LogP contribution in [0.4, 0.5) is 5.69 Å². The number of carbonyl (C=O) groups excluding carboxylic acids is 3. The number of ether oxygens (including phenoxy) is 2. The zero-order valence-electron chi connectivity index (χ0n) is 61.3. The van der Waals surface area contributed by atoms with Crippen LogP contribution >= 0.6 is 45.3 Å². The third-order valence-corrected chi connectivity index (χ3v) is 22.9. The minimum absolute atomic E-state index is 0. The van der Waals surface area contributed by atoms with Gasteiger partial charge in [-0.25, -0.2) is 4.98 Å². The predicted octanol–water partition coefficient (Wildman–Crippen LogP) is 19.0. The summed E-state index contributed by atoms with van der Waals surface area (Å²) in [5.41, 5.74) is 8.10. The van der Waals surface area contributed by atoms with Gasteiger partial charge < -0.3 is 41.2 Å². The quantitative estimate of drug-likeness (QED) is 0.0118. The van der Waals surface area contributed by atoms with Crippen molar-refractivity contribution in [2.75, 3.05) is 45.2 Å². The van der Waals surface area contributed by atoms with Gasteiger partial charge in [-0.1, -0.05) is 138 Å². The molecule has 9 aromatic heterocycles. The SMILES string of the molecule is CCCCCCCCc1ccc(-c2ccc(-c3ccnc(-c4cc(-c5ccc(-c6ccc(CCCCCCCC)s6)s5)cc(-c5[c-]ccc(N(C)C)c5)n4)c3)s2)s1.CCCC[N+](CCCC)(CCCC)CCCC.O=COc1ccnc(-c2cc(OC=O)cc(-c3cc(C(=O)[O-])ccn3)n2)c1.[Cl-].[Ru+]. The maximum atomic E-state index is 11.1. The summed E-state index contributed by atoms with van der Waals surface area (Å²) >= 11 is 7.63. The third kappa shape index (κ3) is 26.7. The number of thiophene rings is 4. The molecule has 0 atom stereocenters. The van der Waals surface area contributed by atoms with Crippen molar-refractivity contribution >= 4 is 69.9 Å². The van der Waals surface area contributed by atoms with Gasteiger partial charge >= 0.3 is 19.5 Å². The Hall–Kier alpha value is -7.15. The number of nitrogens with zero attached hydrogens (tertiary/aromatic N) is 7.